The van der Waals surface area contributed by atoms with E-state index in [1.54, 1.807) is 18.2 Å². The molecule has 2 aliphatic heterocycles. The molecule has 1 N–H and O–H groups in total. The van der Waals surface area contributed by atoms with Gasteiger partial charge in [-0.15, -0.1) is 0 Å². The number of benzene rings is 1. The summed E-state index contributed by atoms with van der Waals surface area (Å²) in [7, 11) is 1.19. The number of amides is 1. The van der Waals surface area contributed by atoms with Crippen molar-refractivity contribution in [3.8, 4) is 17.0 Å². The van der Waals surface area contributed by atoms with Gasteiger partial charge in [0.15, 0.2) is 0 Å². The minimum atomic E-state index is -4.25. The molecular formula is C29H35F4N3O5. The average Bonchev–Trinajstić information content (AvgIpc) is 3.33. The monoisotopic (exact) mass is 581 g/mol. The van der Waals surface area contributed by atoms with Crippen LogP contribution in [-0.4, -0.2) is 90.0 Å². The molecule has 1 aromatic carbocycles. The smallest absolute Gasteiger partial charge is 0.395 e. The van der Waals surface area contributed by atoms with Crippen molar-refractivity contribution in [2.75, 3.05) is 39.9 Å². The molecule has 3 heterocycles. The third-order valence-electron chi connectivity index (χ3n) is 7.84. The van der Waals surface area contributed by atoms with Gasteiger partial charge in [-0.25, -0.2) is 14.2 Å². The molecule has 8 nitrogen and oxygen atoms in total. The molecule has 2 saturated heterocycles. The van der Waals surface area contributed by atoms with E-state index in [1.165, 1.54) is 39.3 Å². The minimum absolute atomic E-state index is 0.0255. The molecule has 2 fully saturated rings. The molecule has 0 aliphatic carbocycles. The highest BCUT2D eigenvalue weighted by Crippen LogP contribution is 2.38. The van der Waals surface area contributed by atoms with Crippen LogP contribution in [0, 0.1) is 17.2 Å². The standard InChI is InChI=1S/C29H35F4N3O5/c1-28(2,29(31,32)33)17-35-10-8-18(9-11-35)16-41-25-7-5-20(14-34-25)19-4-6-22(23(30)12-19)26(38)36-15-21(37)13-24(36)27(39)40-3/h4-7,12,14,18,21,24,37H,8-11,13,15-17H2,1-3H3/t21-,24+/m1/s1. The lowest BCUT2D eigenvalue weighted by atomic mass is 9.89. The summed E-state index contributed by atoms with van der Waals surface area (Å²) in [6.07, 6.45) is -2.14. The normalized spacial score (nSPS) is 20.7. The Morgan fingerprint density at radius 3 is 2.37 bits per heavy atom. The number of β-amino-alcohol motifs (C(OH)–C–C–N with tert-alkyl or cyclic N) is 1. The quantitative estimate of drug-likeness (QED) is 0.367. The number of hydrogen-bond donors (Lipinski definition) is 1. The zero-order chi connectivity index (χ0) is 29.9. The van der Waals surface area contributed by atoms with Gasteiger partial charge in [-0.1, -0.05) is 6.07 Å². The minimum Gasteiger partial charge on any atom is -0.477 e. The van der Waals surface area contributed by atoms with Gasteiger partial charge in [0.1, 0.15) is 11.9 Å². The summed E-state index contributed by atoms with van der Waals surface area (Å²) in [6.45, 7) is 3.87. The van der Waals surface area contributed by atoms with E-state index >= 15 is 0 Å². The molecule has 224 valence electrons. The van der Waals surface area contributed by atoms with E-state index in [2.05, 4.69) is 4.98 Å². The first-order chi connectivity index (χ1) is 19.3. The third-order valence-corrected chi connectivity index (χ3v) is 7.84. The van der Waals surface area contributed by atoms with E-state index in [9.17, 15) is 32.3 Å². The number of likely N-dealkylation sites (tertiary alicyclic amines) is 2. The van der Waals surface area contributed by atoms with Gasteiger partial charge < -0.3 is 24.4 Å². The van der Waals surface area contributed by atoms with Crippen LogP contribution < -0.4 is 4.74 Å². The van der Waals surface area contributed by atoms with E-state index in [0.717, 1.165) is 17.7 Å². The summed E-state index contributed by atoms with van der Waals surface area (Å²) in [6, 6.07) is 6.50. The first kappa shape index (κ1) is 30.7. The van der Waals surface area contributed by atoms with Crippen LogP contribution >= 0.6 is 0 Å². The molecular weight excluding hydrogens is 546 g/mol. The molecule has 2 aliphatic rings. The van der Waals surface area contributed by atoms with Crippen molar-refractivity contribution < 1.29 is 41.7 Å². The summed E-state index contributed by atoms with van der Waals surface area (Å²) >= 11 is 0. The first-order valence-corrected chi connectivity index (χ1v) is 13.5. The SMILES string of the molecule is COC(=O)[C@@H]1C[C@@H](O)CN1C(=O)c1ccc(-c2ccc(OCC3CCN(CC(C)(C)C(F)(F)F)CC3)nc2)cc1F. The first-order valence-electron chi connectivity index (χ1n) is 13.5. The van der Waals surface area contributed by atoms with Crippen molar-refractivity contribution in [2.24, 2.45) is 11.3 Å². The fourth-order valence-corrected chi connectivity index (χ4v) is 5.22. The molecule has 2 atom stereocenters. The number of pyridine rings is 1. The number of aliphatic hydroxyl groups excluding tert-OH is 1. The van der Waals surface area contributed by atoms with Gasteiger partial charge >= 0.3 is 12.1 Å². The molecule has 12 heteroatoms. The second-order valence-corrected chi connectivity index (χ2v) is 11.4. The number of carbonyl (C=O) groups excluding carboxylic acids is 2. The summed E-state index contributed by atoms with van der Waals surface area (Å²) in [5.74, 6) is -1.57. The number of aliphatic hydroxyl groups is 1. The van der Waals surface area contributed by atoms with Crippen LogP contribution in [0.1, 0.15) is 43.5 Å². The average molecular weight is 582 g/mol. The van der Waals surface area contributed by atoms with Crippen molar-refractivity contribution in [2.45, 2.75) is 51.4 Å². The van der Waals surface area contributed by atoms with Crippen LogP contribution in [0.25, 0.3) is 11.1 Å². The summed E-state index contributed by atoms with van der Waals surface area (Å²) < 4.78 is 65.1. The molecule has 1 aromatic heterocycles. The predicted octanol–water partition coefficient (Wildman–Crippen LogP) is 4.32. The van der Waals surface area contributed by atoms with Crippen molar-refractivity contribution in [3.63, 3.8) is 0 Å². The zero-order valence-corrected chi connectivity index (χ0v) is 23.3. The topological polar surface area (TPSA) is 92.2 Å². The Kier molecular flexibility index (Phi) is 9.22. The Balaban J connectivity index is 1.31. The van der Waals surface area contributed by atoms with Gasteiger partial charge in [0, 0.05) is 37.3 Å². The molecule has 0 unspecified atom stereocenters. The van der Waals surface area contributed by atoms with E-state index in [-0.39, 0.29) is 31.0 Å². The molecule has 0 saturated carbocycles. The van der Waals surface area contributed by atoms with Crippen LogP contribution in [0.2, 0.25) is 0 Å². The second kappa shape index (κ2) is 12.3. The molecule has 1 amide bonds. The Morgan fingerprint density at radius 1 is 1.10 bits per heavy atom. The van der Waals surface area contributed by atoms with Gasteiger partial charge in [-0.2, -0.15) is 13.2 Å². The summed E-state index contributed by atoms with van der Waals surface area (Å²) in [5, 5.41) is 9.93. The number of nitrogens with zero attached hydrogens (tertiary/aromatic N) is 3. The van der Waals surface area contributed by atoms with E-state index in [0.29, 0.717) is 36.7 Å². The van der Waals surface area contributed by atoms with E-state index in [1.807, 2.05) is 4.90 Å². The number of ether oxygens (including phenoxy) is 2. The maximum absolute atomic E-state index is 15.0. The predicted molar refractivity (Wildman–Crippen MR) is 142 cm³/mol. The summed E-state index contributed by atoms with van der Waals surface area (Å²) in [5.41, 5.74) is -0.901. The largest absolute Gasteiger partial charge is 0.477 e. The molecule has 2 aromatic rings. The molecule has 0 radical (unpaired) electrons. The zero-order valence-electron chi connectivity index (χ0n) is 23.3. The number of esters is 1. The Hall–Kier alpha value is -3.25. The highest BCUT2D eigenvalue weighted by atomic mass is 19.4. The van der Waals surface area contributed by atoms with E-state index in [4.69, 9.17) is 9.47 Å². The van der Waals surface area contributed by atoms with Gasteiger partial charge in [0.2, 0.25) is 5.88 Å². The molecule has 0 bridgehead atoms. The lowest BCUT2D eigenvalue weighted by Gasteiger charge is -2.38. The maximum atomic E-state index is 15.0. The Labute approximate surface area is 236 Å². The fourth-order valence-electron chi connectivity index (χ4n) is 5.22. The van der Waals surface area contributed by atoms with Crippen LogP contribution in [0.3, 0.4) is 0 Å². The molecule has 41 heavy (non-hydrogen) atoms. The number of piperidine rings is 1. The van der Waals surface area contributed by atoms with Crippen LogP contribution in [0.15, 0.2) is 36.5 Å². The van der Waals surface area contributed by atoms with Crippen LogP contribution in [-0.2, 0) is 9.53 Å². The Bertz CT molecular complexity index is 1230. The lowest BCUT2D eigenvalue weighted by molar-refractivity contribution is -0.217. The molecule has 0 spiro atoms. The number of carbonyl (C=O) groups is 2. The fraction of sp³-hybridized carbons (Fsp3) is 0.552. The van der Waals surface area contributed by atoms with Gasteiger partial charge in [0.25, 0.3) is 5.91 Å². The highest BCUT2D eigenvalue weighted by molar-refractivity contribution is 5.98. The van der Waals surface area contributed by atoms with Crippen molar-refractivity contribution in [1.29, 1.82) is 0 Å². The molecule has 4 rings (SSSR count). The van der Waals surface area contributed by atoms with Crippen LogP contribution in [0.5, 0.6) is 5.88 Å². The van der Waals surface area contributed by atoms with E-state index < -0.39 is 41.4 Å². The number of halogens is 4. The maximum Gasteiger partial charge on any atom is 0.395 e. The Morgan fingerprint density at radius 2 is 1.78 bits per heavy atom. The number of aromatic nitrogens is 1. The number of hydrogen-bond acceptors (Lipinski definition) is 7. The highest BCUT2D eigenvalue weighted by Gasteiger charge is 2.48. The third kappa shape index (κ3) is 7.16. The second-order valence-electron chi connectivity index (χ2n) is 11.4. The lowest BCUT2D eigenvalue weighted by Crippen LogP contribution is -2.46. The van der Waals surface area contributed by atoms with Crippen molar-refractivity contribution in [1.82, 2.24) is 14.8 Å². The van der Waals surface area contributed by atoms with Gasteiger partial charge in [-0.05, 0) is 69.5 Å². The van der Waals surface area contributed by atoms with Gasteiger partial charge in [-0.3, -0.25) is 4.79 Å². The number of rotatable bonds is 8. The van der Waals surface area contributed by atoms with Crippen molar-refractivity contribution in [3.05, 3.63) is 47.9 Å². The van der Waals surface area contributed by atoms with Crippen LogP contribution in [0.4, 0.5) is 17.6 Å². The number of methoxy groups -OCH3 is 1. The van der Waals surface area contributed by atoms with Gasteiger partial charge in [0.05, 0.1) is 30.8 Å². The number of alkyl halides is 3. The van der Waals surface area contributed by atoms with Crippen molar-refractivity contribution >= 4 is 11.9 Å². The summed E-state index contributed by atoms with van der Waals surface area (Å²) in [4.78, 5) is 32.2.